The number of H-pyrrole nitrogens is 1. The molecular formula is C30H38ClN3O5. The van der Waals surface area contributed by atoms with Gasteiger partial charge in [0.2, 0.25) is 5.91 Å². The molecule has 4 N–H and O–H groups in total. The van der Waals surface area contributed by atoms with Crippen molar-refractivity contribution in [3.8, 4) is 5.75 Å². The zero-order valence-corrected chi connectivity index (χ0v) is 23.4. The Morgan fingerprint density at radius 3 is 2.59 bits per heavy atom. The number of rotatable bonds is 12. The number of fused-ring (bicyclic) bond motifs is 2. The van der Waals surface area contributed by atoms with Crippen LogP contribution in [-0.4, -0.2) is 41.5 Å². The quantitative estimate of drug-likeness (QED) is 0.225. The molecule has 0 radical (unpaired) electrons. The van der Waals surface area contributed by atoms with Gasteiger partial charge in [-0.1, -0.05) is 38.1 Å². The van der Waals surface area contributed by atoms with Gasteiger partial charge < -0.3 is 25.5 Å². The smallest absolute Gasteiger partial charge is 0.328 e. The highest BCUT2D eigenvalue weighted by Crippen LogP contribution is 2.26. The van der Waals surface area contributed by atoms with Crippen LogP contribution in [0.15, 0.2) is 48.7 Å². The summed E-state index contributed by atoms with van der Waals surface area (Å²) in [4.78, 5) is 41.4. The molecule has 1 heterocycles. The van der Waals surface area contributed by atoms with E-state index in [0.717, 1.165) is 42.1 Å². The fourth-order valence-electron chi connectivity index (χ4n) is 4.68. The Bertz CT molecular complexity index is 1290. The van der Waals surface area contributed by atoms with Crippen molar-refractivity contribution in [2.45, 2.75) is 70.9 Å². The number of amides is 1. The van der Waals surface area contributed by atoms with Crippen molar-refractivity contribution >= 4 is 41.2 Å². The van der Waals surface area contributed by atoms with E-state index in [-0.39, 0.29) is 44.2 Å². The minimum atomic E-state index is -0.959. The lowest BCUT2D eigenvalue weighted by Gasteiger charge is -2.19. The van der Waals surface area contributed by atoms with Crippen molar-refractivity contribution < 1.29 is 23.9 Å². The minimum absolute atomic E-state index is 0. The van der Waals surface area contributed by atoms with Crippen molar-refractivity contribution in [3.05, 3.63) is 65.4 Å². The molecule has 39 heavy (non-hydrogen) atoms. The Kier molecular flexibility index (Phi) is 10.9. The van der Waals surface area contributed by atoms with Crippen LogP contribution in [0, 0.1) is 5.92 Å². The predicted molar refractivity (Wildman–Crippen MR) is 153 cm³/mol. The summed E-state index contributed by atoms with van der Waals surface area (Å²) in [7, 11) is 0. The van der Waals surface area contributed by atoms with E-state index in [9.17, 15) is 14.4 Å². The van der Waals surface area contributed by atoms with Gasteiger partial charge in [0.25, 0.3) is 0 Å². The van der Waals surface area contributed by atoms with Crippen molar-refractivity contribution in [1.29, 1.82) is 0 Å². The number of aromatic amines is 1. The first-order valence-corrected chi connectivity index (χ1v) is 13.4. The van der Waals surface area contributed by atoms with Crippen LogP contribution >= 0.6 is 12.4 Å². The summed E-state index contributed by atoms with van der Waals surface area (Å²) < 4.78 is 10.9. The molecule has 4 rings (SSSR count). The van der Waals surface area contributed by atoms with E-state index in [1.807, 2.05) is 42.6 Å². The fourth-order valence-corrected chi connectivity index (χ4v) is 4.68. The number of hydrogen-bond donors (Lipinski definition) is 3. The Hall–Kier alpha value is -3.36. The van der Waals surface area contributed by atoms with Crippen LogP contribution in [0.1, 0.15) is 56.2 Å². The standard InChI is InChI=1S/C30H37N3O5.ClH/c1-19(2)14-15-37-30(36)27(17-22-18-32-26-9-4-3-8-24(22)26)33-28(34)13-12-25(31)29(35)38-23-11-10-20-6-5-7-21(20)16-23;/h3-4,8-11,16,18-19,25,27,32H,5-7,12-15,17,31H2,1-2H3,(H,33,34);1H/t25-,27+;/m1./s1. The Balaban J connectivity index is 0.00000420. The molecule has 0 spiro atoms. The van der Waals surface area contributed by atoms with E-state index in [1.165, 1.54) is 11.1 Å². The SMILES string of the molecule is CC(C)CCOC(=O)[C@H](Cc1c[nH]c2ccccc12)NC(=O)CC[C@@H](N)C(=O)Oc1ccc2c(c1)CCC2.Cl. The molecule has 0 fully saturated rings. The predicted octanol–water partition coefficient (Wildman–Crippen LogP) is 4.41. The zero-order valence-electron chi connectivity index (χ0n) is 22.5. The van der Waals surface area contributed by atoms with Gasteiger partial charge >= 0.3 is 11.9 Å². The number of aromatic nitrogens is 1. The first kappa shape index (κ1) is 30.2. The number of nitrogens with one attached hydrogen (secondary N) is 2. The second-order valence-electron chi connectivity index (χ2n) is 10.4. The summed E-state index contributed by atoms with van der Waals surface area (Å²) in [5, 5.41) is 3.78. The molecule has 0 saturated heterocycles. The van der Waals surface area contributed by atoms with Crippen LogP contribution in [0.25, 0.3) is 10.9 Å². The summed E-state index contributed by atoms with van der Waals surface area (Å²) in [5.41, 5.74) is 10.4. The zero-order chi connectivity index (χ0) is 27.1. The van der Waals surface area contributed by atoms with E-state index in [1.54, 1.807) is 6.07 Å². The molecule has 0 bridgehead atoms. The molecule has 0 saturated carbocycles. The van der Waals surface area contributed by atoms with E-state index in [4.69, 9.17) is 15.2 Å². The van der Waals surface area contributed by atoms with E-state index in [0.29, 0.717) is 11.7 Å². The normalized spacial score (nSPS) is 13.8. The molecule has 2 atom stereocenters. The monoisotopic (exact) mass is 555 g/mol. The average Bonchev–Trinajstić information content (AvgIpc) is 3.53. The molecule has 0 aliphatic heterocycles. The van der Waals surface area contributed by atoms with Crippen molar-refractivity contribution in [3.63, 3.8) is 0 Å². The molecule has 210 valence electrons. The molecule has 9 heteroatoms. The number of nitrogens with two attached hydrogens (primary N) is 1. The third kappa shape index (κ3) is 8.31. The highest BCUT2D eigenvalue weighted by Gasteiger charge is 2.25. The first-order chi connectivity index (χ1) is 18.3. The molecule has 1 amide bonds. The van der Waals surface area contributed by atoms with E-state index in [2.05, 4.69) is 24.1 Å². The maximum Gasteiger partial charge on any atom is 0.328 e. The lowest BCUT2D eigenvalue weighted by Crippen LogP contribution is -2.44. The third-order valence-corrected chi connectivity index (χ3v) is 6.93. The molecule has 1 aromatic heterocycles. The van der Waals surface area contributed by atoms with Crippen LogP contribution < -0.4 is 15.8 Å². The molecule has 3 aromatic rings. The van der Waals surface area contributed by atoms with E-state index < -0.39 is 24.0 Å². The lowest BCUT2D eigenvalue weighted by molar-refractivity contribution is -0.148. The summed E-state index contributed by atoms with van der Waals surface area (Å²) in [6.07, 6.45) is 6.06. The Morgan fingerprint density at radius 2 is 1.79 bits per heavy atom. The van der Waals surface area contributed by atoms with Crippen molar-refractivity contribution in [2.75, 3.05) is 6.61 Å². The van der Waals surface area contributed by atoms with Gasteiger partial charge in [0.1, 0.15) is 17.8 Å². The number of carbonyl (C=O) groups excluding carboxylic acids is 3. The van der Waals surface area contributed by atoms with Crippen LogP contribution in [0.3, 0.4) is 0 Å². The fraction of sp³-hybridized carbons (Fsp3) is 0.433. The van der Waals surface area contributed by atoms with E-state index >= 15 is 0 Å². The lowest BCUT2D eigenvalue weighted by atomic mass is 10.0. The summed E-state index contributed by atoms with van der Waals surface area (Å²) in [6.45, 7) is 4.39. The molecule has 1 aliphatic carbocycles. The summed E-state index contributed by atoms with van der Waals surface area (Å²) in [6, 6.07) is 11.6. The maximum absolute atomic E-state index is 12.9. The molecular weight excluding hydrogens is 518 g/mol. The number of benzene rings is 2. The number of aryl methyl sites for hydroxylation is 2. The van der Waals surface area contributed by atoms with Gasteiger partial charge in [-0.15, -0.1) is 12.4 Å². The second kappa shape index (κ2) is 14.1. The molecule has 0 unspecified atom stereocenters. The number of ether oxygens (including phenoxy) is 2. The van der Waals surface area contributed by atoms with Crippen LogP contribution in [-0.2, 0) is 38.4 Å². The third-order valence-electron chi connectivity index (χ3n) is 6.93. The number of hydrogen-bond acceptors (Lipinski definition) is 6. The minimum Gasteiger partial charge on any atom is -0.464 e. The van der Waals surface area contributed by atoms with Gasteiger partial charge in [-0.25, -0.2) is 9.59 Å². The Morgan fingerprint density at radius 1 is 1.03 bits per heavy atom. The number of carbonyl (C=O) groups is 3. The van der Waals surface area contributed by atoms with Gasteiger partial charge in [0.15, 0.2) is 0 Å². The largest absolute Gasteiger partial charge is 0.464 e. The van der Waals surface area contributed by atoms with Crippen molar-refractivity contribution in [1.82, 2.24) is 10.3 Å². The molecule has 1 aliphatic rings. The second-order valence-corrected chi connectivity index (χ2v) is 10.4. The Labute approximate surface area is 235 Å². The summed E-state index contributed by atoms with van der Waals surface area (Å²) >= 11 is 0. The molecule has 8 nitrogen and oxygen atoms in total. The number of para-hydroxylation sites is 1. The van der Waals surface area contributed by atoms with Gasteiger partial charge in [-0.2, -0.15) is 0 Å². The van der Waals surface area contributed by atoms with Crippen molar-refractivity contribution in [2.24, 2.45) is 11.7 Å². The maximum atomic E-state index is 12.9. The molecule has 2 aromatic carbocycles. The van der Waals surface area contributed by atoms with Crippen LogP contribution in [0.4, 0.5) is 0 Å². The van der Waals surface area contributed by atoms with Crippen LogP contribution in [0.2, 0.25) is 0 Å². The average molecular weight is 556 g/mol. The van der Waals surface area contributed by atoms with Gasteiger partial charge in [-0.3, -0.25) is 4.79 Å². The summed E-state index contributed by atoms with van der Waals surface area (Å²) in [5.74, 6) is -0.582. The first-order valence-electron chi connectivity index (χ1n) is 13.4. The number of esters is 2. The highest BCUT2D eigenvalue weighted by atomic mass is 35.5. The van der Waals surface area contributed by atoms with Gasteiger partial charge in [0.05, 0.1) is 6.61 Å². The number of halogens is 1. The topological polar surface area (TPSA) is 124 Å². The van der Waals surface area contributed by atoms with Gasteiger partial charge in [0, 0.05) is 29.9 Å². The highest BCUT2D eigenvalue weighted by molar-refractivity contribution is 5.88. The van der Waals surface area contributed by atoms with Gasteiger partial charge in [-0.05, 0) is 72.9 Å². The van der Waals surface area contributed by atoms with Crippen LogP contribution in [0.5, 0.6) is 5.75 Å².